The molecule has 1 atom stereocenters. The van der Waals surface area contributed by atoms with E-state index in [0.29, 0.717) is 6.10 Å². The summed E-state index contributed by atoms with van der Waals surface area (Å²) in [5.41, 5.74) is 5.09. The minimum atomic E-state index is 0.330. The van der Waals surface area contributed by atoms with E-state index < -0.39 is 0 Å². The number of benzene rings is 1. The number of nitrogens with one attached hydrogen (secondary N) is 1. The molecule has 4 heteroatoms. The second kappa shape index (κ2) is 6.31. The molecule has 1 unspecified atom stereocenters. The summed E-state index contributed by atoms with van der Waals surface area (Å²) < 4.78 is 7.62. The summed E-state index contributed by atoms with van der Waals surface area (Å²) in [6.07, 6.45) is 6.60. The van der Waals surface area contributed by atoms with E-state index in [1.807, 2.05) is 10.9 Å². The van der Waals surface area contributed by atoms with E-state index in [-0.39, 0.29) is 0 Å². The number of hydrogen-bond donors (Lipinski definition) is 1. The summed E-state index contributed by atoms with van der Waals surface area (Å²) >= 11 is 0. The molecular formula is C17H23N3O. The summed E-state index contributed by atoms with van der Waals surface area (Å²) in [5.74, 6) is 0. The van der Waals surface area contributed by atoms with Gasteiger partial charge in [-0.05, 0) is 43.4 Å². The smallest absolute Gasteiger partial charge is 0.0771 e. The normalized spacial score (nSPS) is 18.1. The lowest BCUT2D eigenvalue weighted by Gasteiger charge is -2.11. The molecule has 2 aromatic rings. The molecule has 1 saturated heterocycles. The number of aryl methyl sites for hydroxylation is 2. The van der Waals surface area contributed by atoms with Crippen LogP contribution < -0.4 is 5.32 Å². The van der Waals surface area contributed by atoms with Crippen LogP contribution in [-0.2, 0) is 17.8 Å². The Bertz CT molecular complexity index is 580. The van der Waals surface area contributed by atoms with E-state index in [2.05, 4.69) is 48.7 Å². The van der Waals surface area contributed by atoms with E-state index in [9.17, 15) is 0 Å². The number of aromatic nitrogens is 2. The van der Waals surface area contributed by atoms with Gasteiger partial charge in [-0.25, -0.2) is 0 Å². The fraction of sp³-hybridized carbons (Fsp3) is 0.471. The minimum absolute atomic E-state index is 0.330. The summed E-state index contributed by atoms with van der Waals surface area (Å²) in [7, 11) is 0. The highest BCUT2D eigenvalue weighted by atomic mass is 16.5. The third-order valence-electron chi connectivity index (χ3n) is 4.16. The lowest BCUT2D eigenvalue weighted by Crippen LogP contribution is -2.15. The molecule has 1 aromatic heterocycles. The van der Waals surface area contributed by atoms with Crippen LogP contribution in [0.1, 0.15) is 29.5 Å². The third-order valence-corrected chi connectivity index (χ3v) is 4.16. The molecule has 0 amide bonds. The molecule has 0 aliphatic carbocycles. The maximum absolute atomic E-state index is 5.65. The van der Waals surface area contributed by atoms with Crippen molar-refractivity contribution in [3.05, 3.63) is 47.3 Å². The maximum Gasteiger partial charge on any atom is 0.0771 e. The highest BCUT2D eigenvalue weighted by molar-refractivity contribution is 5.42. The lowest BCUT2D eigenvalue weighted by molar-refractivity contribution is 0.0940. The summed E-state index contributed by atoms with van der Waals surface area (Å²) in [6.45, 7) is 6.90. The lowest BCUT2D eigenvalue weighted by atomic mass is 10.0. The Kier molecular flexibility index (Phi) is 4.25. The van der Waals surface area contributed by atoms with Crippen LogP contribution in [-0.4, -0.2) is 22.5 Å². The number of hydrogen-bond acceptors (Lipinski definition) is 3. The summed E-state index contributed by atoms with van der Waals surface area (Å²) in [6, 6.07) is 6.42. The molecule has 0 bridgehead atoms. The molecule has 21 heavy (non-hydrogen) atoms. The molecule has 2 heterocycles. The van der Waals surface area contributed by atoms with Gasteiger partial charge in [0.25, 0.3) is 0 Å². The van der Waals surface area contributed by atoms with Crippen molar-refractivity contribution in [2.24, 2.45) is 0 Å². The van der Waals surface area contributed by atoms with Crippen molar-refractivity contribution in [2.45, 2.75) is 45.9 Å². The average molecular weight is 285 g/mol. The van der Waals surface area contributed by atoms with Gasteiger partial charge in [0.2, 0.25) is 0 Å². The molecule has 3 rings (SSSR count). The molecule has 1 fully saturated rings. The number of nitrogens with zero attached hydrogens (tertiary/aromatic N) is 2. The van der Waals surface area contributed by atoms with E-state index in [1.54, 1.807) is 0 Å². The second-order valence-corrected chi connectivity index (χ2v) is 5.81. The largest absolute Gasteiger partial charge is 0.378 e. The first-order valence-electron chi connectivity index (χ1n) is 7.65. The number of anilines is 1. The van der Waals surface area contributed by atoms with E-state index >= 15 is 0 Å². The summed E-state index contributed by atoms with van der Waals surface area (Å²) in [4.78, 5) is 0. The van der Waals surface area contributed by atoms with E-state index in [0.717, 1.165) is 31.8 Å². The van der Waals surface area contributed by atoms with Crippen LogP contribution in [0.25, 0.3) is 0 Å². The van der Waals surface area contributed by atoms with Gasteiger partial charge in [0.05, 0.1) is 24.5 Å². The van der Waals surface area contributed by atoms with E-state index in [4.69, 9.17) is 4.74 Å². The van der Waals surface area contributed by atoms with Crippen molar-refractivity contribution in [1.82, 2.24) is 9.78 Å². The van der Waals surface area contributed by atoms with Gasteiger partial charge >= 0.3 is 0 Å². The molecular weight excluding hydrogens is 262 g/mol. The van der Waals surface area contributed by atoms with Crippen molar-refractivity contribution in [3.63, 3.8) is 0 Å². The standard InChI is InChI=1S/C17H23N3O/c1-13-5-3-6-14(2)17(13)10-18-15-9-19-20(11-15)12-16-7-4-8-21-16/h3,5-6,9,11,16,18H,4,7-8,10,12H2,1-2H3. The Labute approximate surface area is 126 Å². The van der Waals surface area contributed by atoms with Gasteiger partial charge in [-0.1, -0.05) is 18.2 Å². The van der Waals surface area contributed by atoms with Crippen LogP contribution in [0.3, 0.4) is 0 Å². The predicted molar refractivity (Wildman–Crippen MR) is 84.4 cm³/mol. The zero-order valence-electron chi connectivity index (χ0n) is 12.8. The molecule has 1 aromatic carbocycles. The predicted octanol–water partition coefficient (Wildman–Crippen LogP) is 3.29. The van der Waals surface area contributed by atoms with Gasteiger partial charge < -0.3 is 10.1 Å². The highest BCUT2D eigenvalue weighted by Crippen LogP contribution is 2.17. The Morgan fingerprint density at radius 2 is 2.14 bits per heavy atom. The van der Waals surface area contributed by atoms with Crippen LogP contribution >= 0.6 is 0 Å². The van der Waals surface area contributed by atoms with Crippen LogP contribution in [0, 0.1) is 13.8 Å². The van der Waals surface area contributed by atoms with Crippen molar-refractivity contribution < 1.29 is 4.74 Å². The molecule has 1 N–H and O–H groups in total. The zero-order valence-corrected chi connectivity index (χ0v) is 12.8. The Balaban J connectivity index is 1.59. The van der Waals surface area contributed by atoms with Crippen LogP contribution in [0.5, 0.6) is 0 Å². The first-order chi connectivity index (χ1) is 10.2. The maximum atomic E-state index is 5.65. The Morgan fingerprint density at radius 1 is 1.33 bits per heavy atom. The highest BCUT2D eigenvalue weighted by Gasteiger charge is 2.16. The quantitative estimate of drug-likeness (QED) is 0.916. The van der Waals surface area contributed by atoms with Gasteiger partial charge in [0.1, 0.15) is 0 Å². The monoisotopic (exact) mass is 285 g/mol. The molecule has 1 aliphatic heterocycles. The van der Waals surface area contributed by atoms with Crippen molar-refractivity contribution in [2.75, 3.05) is 11.9 Å². The topological polar surface area (TPSA) is 39.1 Å². The fourth-order valence-corrected chi connectivity index (χ4v) is 2.87. The van der Waals surface area contributed by atoms with Crippen LogP contribution in [0.15, 0.2) is 30.6 Å². The third kappa shape index (κ3) is 3.45. The second-order valence-electron chi connectivity index (χ2n) is 5.81. The molecule has 1 aliphatic rings. The fourth-order valence-electron chi connectivity index (χ4n) is 2.87. The van der Waals surface area contributed by atoms with Crippen molar-refractivity contribution in [1.29, 1.82) is 0 Å². The molecule has 0 spiro atoms. The van der Waals surface area contributed by atoms with Crippen LogP contribution in [0.4, 0.5) is 5.69 Å². The van der Waals surface area contributed by atoms with Gasteiger partial charge in [-0.2, -0.15) is 5.10 Å². The summed E-state index contributed by atoms with van der Waals surface area (Å²) in [5, 5.41) is 7.87. The van der Waals surface area contributed by atoms with Gasteiger partial charge in [0, 0.05) is 19.3 Å². The molecule has 0 saturated carbocycles. The minimum Gasteiger partial charge on any atom is -0.378 e. The molecule has 112 valence electrons. The molecule has 0 radical (unpaired) electrons. The molecule has 4 nitrogen and oxygen atoms in total. The van der Waals surface area contributed by atoms with Gasteiger partial charge in [0.15, 0.2) is 0 Å². The van der Waals surface area contributed by atoms with E-state index in [1.165, 1.54) is 23.1 Å². The van der Waals surface area contributed by atoms with Crippen molar-refractivity contribution >= 4 is 5.69 Å². The SMILES string of the molecule is Cc1cccc(C)c1CNc1cnn(CC2CCCO2)c1. The first kappa shape index (κ1) is 14.1. The number of rotatable bonds is 5. The Morgan fingerprint density at radius 3 is 2.86 bits per heavy atom. The average Bonchev–Trinajstić information content (AvgIpc) is 3.11. The van der Waals surface area contributed by atoms with Gasteiger partial charge in [-0.3, -0.25) is 4.68 Å². The van der Waals surface area contributed by atoms with Gasteiger partial charge in [-0.15, -0.1) is 0 Å². The van der Waals surface area contributed by atoms with Crippen LogP contribution in [0.2, 0.25) is 0 Å². The first-order valence-corrected chi connectivity index (χ1v) is 7.65. The van der Waals surface area contributed by atoms with Crippen molar-refractivity contribution in [3.8, 4) is 0 Å². The zero-order chi connectivity index (χ0) is 14.7. The Hall–Kier alpha value is -1.81. The number of ether oxygens (including phenoxy) is 1.